The van der Waals surface area contributed by atoms with Crippen molar-refractivity contribution in [2.75, 3.05) is 26.7 Å². The maximum absolute atomic E-state index is 4.46. The first-order valence-electron chi connectivity index (χ1n) is 7.00. The number of nitrogens with one attached hydrogen (secondary N) is 1. The number of nitrogens with zero attached hydrogens (tertiary/aromatic N) is 3. The van der Waals surface area contributed by atoms with E-state index in [1.165, 1.54) is 37.2 Å². The monoisotopic (exact) mass is 250 g/mol. The molecule has 0 saturated carbocycles. The van der Waals surface area contributed by atoms with Crippen molar-refractivity contribution in [1.29, 1.82) is 0 Å². The fraction of sp³-hybridized carbons (Fsp3) is 0.786. The molecule has 2 heterocycles. The Morgan fingerprint density at radius 1 is 1.56 bits per heavy atom. The van der Waals surface area contributed by atoms with Crippen LogP contribution in [0.4, 0.5) is 0 Å². The summed E-state index contributed by atoms with van der Waals surface area (Å²) in [7, 11) is 4.05. The summed E-state index contributed by atoms with van der Waals surface area (Å²) < 4.78 is 1.93. The van der Waals surface area contributed by atoms with Crippen LogP contribution in [0.1, 0.15) is 37.1 Å². The first-order chi connectivity index (χ1) is 8.61. The van der Waals surface area contributed by atoms with Crippen LogP contribution in [0.2, 0.25) is 0 Å². The van der Waals surface area contributed by atoms with Crippen molar-refractivity contribution in [2.45, 2.75) is 32.7 Å². The van der Waals surface area contributed by atoms with Crippen LogP contribution in [0.3, 0.4) is 0 Å². The number of hydrogen-bond acceptors (Lipinski definition) is 3. The Kier molecular flexibility index (Phi) is 4.40. The van der Waals surface area contributed by atoms with E-state index < -0.39 is 0 Å². The summed E-state index contributed by atoms with van der Waals surface area (Å²) in [6.45, 7) is 7.98. The van der Waals surface area contributed by atoms with E-state index in [4.69, 9.17) is 0 Å². The summed E-state index contributed by atoms with van der Waals surface area (Å²) in [5.74, 6) is 0.795. The van der Waals surface area contributed by atoms with Crippen LogP contribution in [-0.2, 0) is 7.05 Å². The lowest BCUT2D eigenvalue weighted by atomic mass is 9.95. The van der Waals surface area contributed by atoms with Crippen molar-refractivity contribution in [3.05, 3.63) is 17.5 Å². The quantitative estimate of drug-likeness (QED) is 0.883. The first kappa shape index (κ1) is 13.6. The third-order valence-electron chi connectivity index (χ3n) is 4.09. The zero-order valence-corrected chi connectivity index (χ0v) is 12.1. The van der Waals surface area contributed by atoms with Crippen LogP contribution in [0, 0.1) is 12.8 Å². The Balaban J connectivity index is 2.04. The molecule has 1 aliphatic heterocycles. The highest BCUT2D eigenvalue weighted by Crippen LogP contribution is 2.27. The molecule has 2 rings (SSSR count). The number of rotatable bonds is 4. The molecule has 1 aliphatic rings. The van der Waals surface area contributed by atoms with Crippen LogP contribution in [0.5, 0.6) is 0 Å². The molecule has 1 aromatic rings. The largest absolute Gasteiger partial charge is 0.319 e. The van der Waals surface area contributed by atoms with E-state index in [1.807, 2.05) is 18.8 Å². The van der Waals surface area contributed by atoms with Crippen LogP contribution in [0.15, 0.2) is 6.20 Å². The maximum Gasteiger partial charge on any atom is 0.0641 e. The second-order valence-electron chi connectivity index (χ2n) is 5.58. The van der Waals surface area contributed by atoms with Gasteiger partial charge in [-0.05, 0) is 52.7 Å². The van der Waals surface area contributed by atoms with Crippen LogP contribution >= 0.6 is 0 Å². The van der Waals surface area contributed by atoms with Gasteiger partial charge in [0.15, 0.2) is 0 Å². The third-order valence-corrected chi connectivity index (χ3v) is 4.09. The lowest BCUT2D eigenvalue weighted by Gasteiger charge is -2.36. The van der Waals surface area contributed by atoms with Crippen LogP contribution in [0.25, 0.3) is 0 Å². The first-order valence-corrected chi connectivity index (χ1v) is 7.00. The molecule has 102 valence electrons. The van der Waals surface area contributed by atoms with Gasteiger partial charge in [0.05, 0.1) is 5.69 Å². The number of aromatic nitrogens is 2. The highest BCUT2D eigenvalue weighted by molar-refractivity contribution is 5.19. The number of likely N-dealkylation sites (tertiary alicyclic amines) is 1. The summed E-state index contributed by atoms with van der Waals surface area (Å²) in [6.07, 6.45) is 4.84. The fourth-order valence-corrected chi connectivity index (χ4v) is 3.13. The lowest BCUT2D eigenvalue weighted by Crippen LogP contribution is -2.40. The number of piperidine rings is 1. The Morgan fingerprint density at radius 2 is 2.33 bits per heavy atom. The van der Waals surface area contributed by atoms with Gasteiger partial charge in [-0.2, -0.15) is 5.10 Å². The number of aryl methyl sites for hydroxylation is 2. The standard InChI is InChI=1S/C14H26N4/c1-11-14(10-17(4)16-11)12(2)18-7-5-6-13(9-18)8-15-3/h10,12-13,15H,5-9H2,1-4H3. The molecule has 0 spiro atoms. The Bertz CT molecular complexity index is 383. The average molecular weight is 250 g/mol. The van der Waals surface area contributed by atoms with E-state index in [2.05, 4.69) is 35.4 Å². The van der Waals surface area contributed by atoms with Gasteiger partial charge in [0.25, 0.3) is 0 Å². The average Bonchev–Trinajstić information content (AvgIpc) is 2.68. The predicted molar refractivity (Wildman–Crippen MR) is 74.6 cm³/mol. The summed E-state index contributed by atoms with van der Waals surface area (Å²) in [5.41, 5.74) is 2.54. The van der Waals surface area contributed by atoms with Gasteiger partial charge in [0.1, 0.15) is 0 Å². The van der Waals surface area contributed by atoms with Gasteiger partial charge < -0.3 is 5.32 Å². The third kappa shape index (κ3) is 2.93. The molecule has 1 N–H and O–H groups in total. The SMILES string of the molecule is CNCC1CCCN(C(C)c2cn(C)nc2C)C1. The molecule has 0 radical (unpaired) electrons. The van der Waals surface area contributed by atoms with Crippen molar-refractivity contribution in [3.8, 4) is 0 Å². The van der Waals surface area contributed by atoms with E-state index in [0.717, 1.165) is 12.5 Å². The van der Waals surface area contributed by atoms with Crippen molar-refractivity contribution in [2.24, 2.45) is 13.0 Å². The topological polar surface area (TPSA) is 33.1 Å². The molecule has 1 fully saturated rings. The molecule has 1 aromatic heterocycles. The van der Waals surface area contributed by atoms with Crippen molar-refractivity contribution >= 4 is 0 Å². The second kappa shape index (κ2) is 5.85. The summed E-state index contributed by atoms with van der Waals surface area (Å²) in [4.78, 5) is 2.61. The minimum atomic E-state index is 0.485. The molecule has 4 heteroatoms. The molecule has 4 nitrogen and oxygen atoms in total. The molecule has 0 aromatic carbocycles. The van der Waals surface area contributed by atoms with Crippen LogP contribution in [-0.4, -0.2) is 41.4 Å². The van der Waals surface area contributed by atoms with Crippen molar-refractivity contribution in [1.82, 2.24) is 20.0 Å². The Hall–Kier alpha value is -0.870. The highest BCUT2D eigenvalue weighted by atomic mass is 15.3. The summed E-state index contributed by atoms with van der Waals surface area (Å²) in [5, 5.41) is 7.77. The Labute approximate surface area is 110 Å². The van der Waals surface area contributed by atoms with E-state index in [0.29, 0.717) is 6.04 Å². The summed E-state index contributed by atoms with van der Waals surface area (Å²) >= 11 is 0. The molecule has 2 atom stereocenters. The maximum atomic E-state index is 4.46. The van der Waals surface area contributed by atoms with Crippen molar-refractivity contribution < 1.29 is 0 Å². The molecule has 18 heavy (non-hydrogen) atoms. The molecular weight excluding hydrogens is 224 g/mol. The van der Waals surface area contributed by atoms with Gasteiger partial charge in [-0.25, -0.2) is 0 Å². The minimum absolute atomic E-state index is 0.485. The molecule has 1 saturated heterocycles. The smallest absolute Gasteiger partial charge is 0.0641 e. The molecule has 0 amide bonds. The van der Waals surface area contributed by atoms with E-state index in [-0.39, 0.29) is 0 Å². The molecule has 0 aliphatic carbocycles. The summed E-state index contributed by atoms with van der Waals surface area (Å²) in [6, 6.07) is 0.485. The van der Waals surface area contributed by atoms with Gasteiger partial charge in [0, 0.05) is 31.4 Å². The van der Waals surface area contributed by atoms with Crippen LogP contribution < -0.4 is 5.32 Å². The minimum Gasteiger partial charge on any atom is -0.319 e. The van der Waals surface area contributed by atoms with Gasteiger partial charge >= 0.3 is 0 Å². The van der Waals surface area contributed by atoms with Gasteiger partial charge in [-0.3, -0.25) is 9.58 Å². The number of hydrogen-bond donors (Lipinski definition) is 1. The van der Waals surface area contributed by atoms with E-state index in [1.54, 1.807) is 0 Å². The predicted octanol–water partition coefficient (Wildman–Crippen LogP) is 1.72. The van der Waals surface area contributed by atoms with Gasteiger partial charge in [-0.15, -0.1) is 0 Å². The Morgan fingerprint density at radius 3 is 2.94 bits per heavy atom. The van der Waals surface area contributed by atoms with E-state index in [9.17, 15) is 0 Å². The fourth-order valence-electron chi connectivity index (χ4n) is 3.13. The molecular formula is C14H26N4. The molecule has 2 unspecified atom stereocenters. The highest BCUT2D eigenvalue weighted by Gasteiger charge is 2.25. The second-order valence-corrected chi connectivity index (χ2v) is 5.58. The van der Waals surface area contributed by atoms with Gasteiger partial charge in [0.2, 0.25) is 0 Å². The normalized spacial score (nSPS) is 23.2. The van der Waals surface area contributed by atoms with E-state index >= 15 is 0 Å². The lowest BCUT2D eigenvalue weighted by molar-refractivity contribution is 0.131. The van der Waals surface area contributed by atoms with Crippen molar-refractivity contribution in [3.63, 3.8) is 0 Å². The zero-order valence-electron chi connectivity index (χ0n) is 12.1. The molecule has 0 bridgehead atoms. The van der Waals surface area contributed by atoms with Gasteiger partial charge in [-0.1, -0.05) is 0 Å². The zero-order chi connectivity index (χ0) is 13.1.